The van der Waals surface area contributed by atoms with Gasteiger partial charge in [0, 0.05) is 45.5 Å². The Hall–Kier alpha value is -2.35. The monoisotopic (exact) mass is 347 g/mol. The summed E-state index contributed by atoms with van der Waals surface area (Å²) < 4.78 is 9.98. The second kappa shape index (κ2) is 6.51. The number of likely N-dealkylation sites (tertiary alicyclic amines) is 1. The zero-order valence-electron chi connectivity index (χ0n) is 15.4. The molecule has 0 radical (unpaired) electrons. The number of aryl methyl sites for hydroxylation is 2. The molecule has 2 aromatic rings. The van der Waals surface area contributed by atoms with E-state index in [0.29, 0.717) is 6.54 Å². The number of aromatic nitrogens is 4. The van der Waals surface area contributed by atoms with Crippen LogP contribution in [0.1, 0.15) is 35.8 Å². The third-order valence-corrected chi connectivity index (χ3v) is 5.09. The predicted molar refractivity (Wildman–Crippen MR) is 93.8 cm³/mol. The first kappa shape index (κ1) is 17.5. The summed E-state index contributed by atoms with van der Waals surface area (Å²) in [4.78, 5) is 26.5. The van der Waals surface area contributed by atoms with Crippen molar-refractivity contribution in [2.75, 3.05) is 13.7 Å². The second-order valence-corrected chi connectivity index (χ2v) is 6.63. The minimum Gasteiger partial charge on any atom is -0.481 e. The van der Waals surface area contributed by atoms with Gasteiger partial charge in [0.15, 0.2) is 0 Å². The van der Waals surface area contributed by atoms with Gasteiger partial charge in [-0.1, -0.05) is 0 Å². The molecule has 2 aromatic heterocycles. The lowest BCUT2D eigenvalue weighted by Crippen LogP contribution is -2.39. The molecule has 0 saturated carbocycles. The first-order chi connectivity index (χ1) is 11.8. The molecule has 25 heavy (non-hydrogen) atoms. The molecular weight excluding hydrogens is 322 g/mol. The number of hydrogen-bond donors (Lipinski definition) is 0. The molecular formula is C17H25N5O3. The van der Waals surface area contributed by atoms with Crippen molar-refractivity contribution in [3.05, 3.63) is 43.9 Å². The molecule has 1 saturated heterocycles. The van der Waals surface area contributed by atoms with E-state index in [4.69, 9.17) is 4.74 Å². The molecule has 0 aromatic carbocycles. The highest BCUT2D eigenvalue weighted by atomic mass is 16.5. The second-order valence-electron chi connectivity index (χ2n) is 6.63. The van der Waals surface area contributed by atoms with E-state index in [1.807, 2.05) is 14.0 Å². The van der Waals surface area contributed by atoms with Gasteiger partial charge in [-0.2, -0.15) is 5.10 Å². The highest BCUT2D eigenvalue weighted by molar-refractivity contribution is 5.35. The van der Waals surface area contributed by atoms with Crippen molar-refractivity contribution in [3.63, 3.8) is 0 Å². The lowest BCUT2D eigenvalue weighted by atomic mass is 10.0. The molecule has 1 fully saturated rings. The highest BCUT2D eigenvalue weighted by Crippen LogP contribution is 2.39. The lowest BCUT2D eigenvalue weighted by Gasteiger charge is -2.25. The predicted octanol–water partition coefficient (Wildman–Crippen LogP) is 0.472. The summed E-state index contributed by atoms with van der Waals surface area (Å²) in [6.07, 6.45) is 2.06. The Kier molecular flexibility index (Phi) is 4.55. The van der Waals surface area contributed by atoms with E-state index in [2.05, 4.69) is 10.00 Å². The lowest BCUT2D eigenvalue weighted by molar-refractivity contribution is 0.234. The molecule has 8 nitrogen and oxygen atoms in total. The average Bonchev–Trinajstić information content (AvgIpc) is 3.13. The van der Waals surface area contributed by atoms with Gasteiger partial charge in [0.1, 0.15) is 0 Å². The molecule has 0 aliphatic carbocycles. The van der Waals surface area contributed by atoms with Crippen LogP contribution in [0.4, 0.5) is 0 Å². The maximum Gasteiger partial charge on any atom is 0.330 e. The summed E-state index contributed by atoms with van der Waals surface area (Å²) in [7, 11) is 6.73. The van der Waals surface area contributed by atoms with Crippen molar-refractivity contribution < 1.29 is 4.74 Å². The van der Waals surface area contributed by atoms with E-state index in [1.165, 1.54) is 7.05 Å². The number of hydrogen-bond acceptors (Lipinski definition) is 5. The van der Waals surface area contributed by atoms with Gasteiger partial charge < -0.3 is 4.74 Å². The largest absolute Gasteiger partial charge is 0.481 e. The van der Waals surface area contributed by atoms with Gasteiger partial charge in [-0.25, -0.2) is 9.48 Å². The molecule has 3 rings (SSSR count). The van der Waals surface area contributed by atoms with Gasteiger partial charge in [-0.15, -0.1) is 0 Å². The van der Waals surface area contributed by atoms with Crippen molar-refractivity contribution in [1.82, 2.24) is 23.8 Å². The fourth-order valence-corrected chi connectivity index (χ4v) is 3.76. The Balaban J connectivity index is 1.97. The average molecular weight is 347 g/mol. The molecule has 0 spiro atoms. The van der Waals surface area contributed by atoms with Gasteiger partial charge in [0.05, 0.1) is 18.4 Å². The Bertz CT molecular complexity index is 908. The molecule has 3 heterocycles. The van der Waals surface area contributed by atoms with Crippen LogP contribution in [0, 0.1) is 6.92 Å². The van der Waals surface area contributed by atoms with Crippen LogP contribution < -0.4 is 16.0 Å². The summed E-state index contributed by atoms with van der Waals surface area (Å²) in [5.74, 6) is 0.771. The van der Waals surface area contributed by atoms with Crippen LogP contribution in [-0.2, 0) is 27.7 Å². The van der Waals surface area contributed by atoms with Gasteiger partial charge >= 0.3 is 5.69 Å². The third kappa shape index (κ3) is 2.90. The molecule has 136 valence electrons. The molecule has 0 amide bonds. The van der Waals surface area contributed by atoms with Crippen LogP contribution in [0.15, 0.2) is 15.7 Å². The summed E-state index contributed by atoms with van der Waals surface area (Å²) in [6.45, 7) is 3.44. The van der Waals surface area contributed by atoms with E-state index >= 15 is 0 Å². The number of methoxy groups -OCH3 is 1. The van der Waals surface area contributed by atoms with Crippen LogP contribution >= 0.6 is 0 Å². The quantitative estimate of drug-likeness (QED) is 0.804. The van der Waals surface area contributed by atoms with Crippen LogP contribution in [-0.4, -0.2) is 37.5 Å². The smallest absolute Gasteiger partial charge is 0.330 e. The van der Waals surface area contributed by atoms with Gasteiger partial charge in [0.2, 0.25) is 5.88 Å². The van der Waals surface area contributed by atoms with Crippen molar-refractivity contribution >= 4 is 0 Å². The van der Waals surface area contributed by atoms with Gasteiger partial charge in [0.25, 0.3) is 5.56 Å². The van der Waals surface area contributed by atoms with E-state index in [-0.39, 0.29) is 17.3 Å². The summed E-state index contributed by atoms with van der Waals surface area (Å²) in [5.41, 5.74) is 2.20. The van der Waals surface area contributed by atoms with E-state index in [0.717, 1.165) is 46.8 Å². The number of nitrogens with zero attached hydrogens (tertiary/aromatic N) is 5. The minimum absolute atomic E-state index is 0.169. The number of rotatable bonds is 4. The Morgan fingerprint density at radius 3 is 2.64 bits per heavy atom. The summed E-state index contributed by atoms with van der Waals surface area (Å²) in [6, 6.07) is 1.72. The molecule has 8 heteroatoms. The van der Waals surface area contributed by atoms with Crippen LogP contribution in [0.3, 0.4) is 0 Å². The standard InChI is InChI=1S/C17H25N5O3/c1-11-15(16(25-5)21(4)18-11)13-7-6-8-22(13)10-12-9-14(23)20(3)17(24)19(12)2/h9,13H,6-8,10H2,1-5H3. The minimum atomic E-state index is -0.298. The summed E-state index contributed by atoms with van der Waals surface area (Å²) in [5, 5.41) is 4.48. The topological polar surface area (TPSA) is 74.3 Å². The molecule has 0 N–H and O–H groups in total. The van der Waals surface area contributed by atoms with Crippen LogP contribution in [0.25, 0.3) is 0 Å². The Labute approximate surface area is 146 Å². The Morgan fingerprint density at radius 2 is 1.96 bits per heavy atom. The van der Waals surface area contributed by atoms with Gasteiger partial charge in [-0.3, -0.25) is 18.8 Å². The number of ether oxygens (including phenoxy) is 1. The van der Waals surface area contributed by atoms with Crippen LogP contribution in [0.2, 0.25) is 0 Å². The van der Waals surface area contributed by atoms with E-state index < -0.39 is 0 Å². The fraction of sp³-hybridized carbons (Fsp3) is 0.588. The van der Waals surface area contributed by atoms with Crippen molar-refractivity contribution in [2.45, 2.75) is 32.4 Å². The SMILES string of the molecule is COc1c(C2CCCN2Cc2cc(=O)n(C)c(=O)n2C)c(C)nn1C. The first-order valence-electron chi connectivity index (χ1n) is 8.42. The molecule has 1 atom stereocenters. The molecule has 1 aliphatic heterocycles. The van der Waals surface area contributed by atoms with Crippen LogP contribution in [0.5, 0.6) is 5.88 Å². The van der Waals surface area contributed by atoms with Crippen molar-refractivity contribution in [1.29, 1.82) is 0 Å². The first-order valence-corrected chi connectivity index (χ1v) is 8.42. The zero-order chi connectivity index (χ0) is 18.3. The maximum absolute atomic E-state index is 12.2. The maximum atomic E-state index is 12.2. The molecule has 1 unspecified atom stereocenters. The van der Waals surface area contributed by atoms with E-state index in [1.54, 1.807) is 29.5 Å². The normalized spacial score (nSPS) is 18.0. The summed E-state index contributed by atoms with van der Waals surface area (Å²) >= 11 is 0. The highest BCUT2D eigenvalue weighted by Gasteiger charge is 2.32. The third-order valence-electron chi connectivity index (χ3n) is 5.09. The fourth-order valence-electron chi connectivity index (χ4n) is 3.76. The molecule has 0 bridgehead atoms. The van der Waals surface area contributed by atoms with Crippen molar-refractivity contribution in [2.24, 2.45) is 21.1 Å². The molecule has 1 aliphatic rings. The zero-order valence-corrected chi connectivity index (χ0v) is 15.4. The van der Waals surface area contributed by atoms with E-state index in [9.17, 15) is 9.59 Å². The van der Waals surface area contributed by atoms with Gasteiger partial charge in [-0.05, 0) is 26.3 Å². The van der Waals surface area contributed by atoms with Crippen molar-refractivity contribution in [3.8, 4) is 5.88 Å². The Morgan fingerprint density at radius 1 is 1.24 bits per heavy atom.